The quantitative estimate of drug-likeness (QED) is 0.808. The Labute approximate surface area is 113 Å². The number of hydrogen-bond donors (Lipinski definition) is 2. The average molecular weight is 266 g/mol. The fourth-order valence-electron chi connectivity index (χ4n) is 2.39. The number of carbonyl (C=O) groups is 1. The van der Waals surface area contributed by atoms with Crippen LogP contribution in [0.4, 0.5) is 0 Å². The zero-order valence-corrected chi connectivity index (χ0v) is 11.8. The topological polar surface area (TPSA) is 68.2 Å². The van der Waals surface area contributed by atoms with E-state index in [1.807, 2.05) is 20.2 Å². The monoisotopic (exact) mass is 266 g/mol. The Morgan fingerprint density at radius 3 is 3.00 bits per heavy atom. The summed E-state index contributed by atoms with van der Waals surface area (Å²) in [7, 11) is 3.60. The van der Waals surface area contributed by atoms with Crippen LogP contribution in [0.2, 0.25) is 0 Å². The van der Waals surface area contributed by atoms with Crippen molar-refractivity contribution in [3.05, 3.63) is 18.0 Å². The molecule has 2 N–H and O–H groups in total. The van der Waals surface area contributed by atoms with Crippen molar-refractivity contribution in [3.63, 3.8) is 0 Å². The summed E-state index contributed by atoms with van der Waals surface area (Å²) >= 11 is 0. The molecule has 2 unspecified atom stereocenters. The van der Waals surface area contributed by atoms with E-state index in [2.05, 4.69) is 15.7 Å². The van der Waals surface area contributed by atoms with E-state index in [4.69, 9.17) is 4.74 Å². The molecule has 1 amide bonds. The van der Waals surface area contributed by atoms with Gasteiger partial charge in [0.25, 0.3) is 0 Å². The smallest absolute Gasteiger partial charge is 0.241 e. The lowest BCUT2D eigenvalue weighted by molar-refractivity contribution is -0.124. The van der Waals surface area contributed by atoms with Gasteiger partial charge in [-0.05, 0) is 26.8 Å². The highest BCUT2D eigenvalue weighted by molar-refractivity contribution is 5.83. The molecule has 1 fully saturated rings. The number of ether oxygens (including phenoxy) is 1. The largest absolute Gasteiger partial charge is 0.373 e. The molecule has 6 nitrogen and oxygen atoms in total. The first-order valence-corrected chi connectivity index (χ1v) is 6.61. The lowest BCUT2D eigenvalue weighted by Crippen LogP contribution is -2.44. The van der Waals surface area contributed by atoms with Crippen LogP contribution in [-0.2, 0) is 16.6 Å². The second-order valence-corrected chi connectivity index (χ2v) is 5.29. The van der Waals surface area contributed by atoms with E-state index < -0.39 is 0 Å². The molecule has 0 aromatic carbocycles. The van der Waals surface area contributed by atoms with Gasteiger partial charge in [0.15, 0.2) is 0 Å². The minimum absolute atomic E-state index is 0.0489. The highest BCUT2D eigenvalue weighted by Crippen LogP contribution is 2.24. The van der Waals surface area contributed by atoms with Crippen molar-refractivity contribution in [1.82, 2.24) is 20.4 Å². The number of nitrogens with zero attached hydrogens (tertiary/aromatic N) is 2. The summed E-state index contributed by atoms with van der Waals surface area (Å²) in [5.41, 5.74) is 0.642. The first kappa shape index (κ1) is 14.0. The fraction of sp³-hybridized carbons (Fsp3) is 0.692. The number of aryl methyl sites for hydroxylation is 1. The van der Waals surface area contributed by atoms with Crippen molar-refractivity contribution in [3.8, 4) is 0 Å². The van der Waals surface area contributed by atoms with E-state index in [0.29, 0.717) is 6.54 Å². The number of nitrogens with one attached hydrogen (secondary N) is 2. The SMILES string of the molecule is CNC(C(=O)NCC1(C)CCCO1)c1cnn(C)c1. The second kappa shape index (κ2) is 5.71. The van der Waals surface area contributed by atoms with Crippen LogP contribution in [0.25, 0.3) is 0 Å². The van der Waals surface area contributed by atoms with E-state index in [1.54, 1.807) is 17.9 Å². The third kappa shape index (κ3) is 3.33. The molecule has 6 heteroatoms. The number of carbonyl (C=O) groups excluding carboxylic acids is 1. The molecule has 106 valence electrons. The van der Waals surface area contributed by atoms with Gasteiger partial charge in [-0.3, -0.25) is 9.48 Å². The number of amides is 1. The third-order valence-corrected chi connectivity index (χ3v) is 3.55. The minimum atomic E-state index is -0.376. The molecule has 0 radical (unpaired) electrons. The van der Waals surface area contributed by atoms with Gasteiger partial charge in [-0.15, -0.1) is 0 Å². The highest BCUT2D eigenvalue weighted by Gasteiger charge is 2.31. The molecule has 0 aliphatic carbocycles. The van der Waals surface area contributed by atoms with Crippen molar-refractivity contribution in [2.75, 3.05) is 20.2 Å². The fourth-order valence-corrected chi connectivity index (χ4v) is 2.39. The number of hydrogen-bond acceptors (Lipinski definition) is 4. The molecule has 1 aromatic rings. The summed E-state index contributed by atoms with van der Waals surface area (Å²) < 4.78 is 7.35. The van der Waals surface area contributed by atoms with Gasteiger partial charge in [-0.2, -0.15) is 5.10 Å². The van der Waals surface area contributed by atoms with E-state index in [1.165, 1.54) is 0 Å². The molecule has 1 aliphatic rings. The third-order valence-electron chi connectivity index (χ3n) is 3.55. The van der Waals surface area contributed by atoms with Crippen LogP contribution in [-0.4, -0.2) is 41.5 Å². The van der Waals surface area contributed by atoms with Crippen LogP contribution < -0.4 is 10.6 Å². The molecule has 2 rings (SSSR count). The maximum absolute atomic E-state index is 12.2. The predicted octanol–water partition coefficient (Wildman–Crippen LogP) is 0.366. The van der Waals surface area contributed by atoms with Crippen LogP contribution in [0.3, 0.4) is 0 Å². The molecule has 1 aromatic heterocycles. The molecule has 0 spiro atoms. The standard InChI is InChI=1S/C13H22N4O2/c1-13(5-4-6-19-13)9-15-12(18)11(14-2)10-7-16-17(3)8-10/h7-8,11,14H,4-6,9H2,1-3H3,(H,15,18). The first-order valence-electron chi connectivity index (χ1n) is 6.61. The van der Waals surface area contributed by atoms with Crippen LogP contribution in [0.5, 0.6) is 0 Å². The molecule has 19 heavy (non-hydrogen) atoms. The van der Waals surface area contributed by atoms with E-state index in [0.717, 1.165) is 25.0 Å². The van der Waals surface area contributed by atoms with Gasteiger partial charge in [0.1, 0.15) is 6.04 Å². The Kier molecular flexibility index (Phi) is 4.21. The summed E-state index contributed by atoms with van der Waals surface area (Å²) in [4.78, 5) is 12.2. The van der Waals surface area contributed by atoms with Gasteiger partial charge in [0.2, 0.25) is 5.91 Å². The van der Waals surface area contributed by atoms with Crippen molar-refractivity contribution in [2.24, 2.45) is 7.05 Å². The highest BCUT2D eigenvalue weighted by atomic mass is 16.5. The maximum Gasteiger partial charge on any atom is 0.241 e. The lowest BCUT2D eigenvalue weighted by atomic mass is 10.0. The minimum Gasteiger partial charge on any atom is -0.373 e. The molecule has 2 heterocycles. The zero-order valence-electron chi connectivity index (χ0n) is 11.8. The van der Waals surface area contributed by atoms with Crippen LogP contribution in [0.1, 0.15) is 31.4 Å². The van der Waals surface area contributed by atoms with Gasteiger partial charge < -0.3 is 15.4 Å². The van der Waals surface area contributed by atoms with Crippen LogP contribution >= 0.6 is 0 Å². The number of likely N-dealkylation sites (N-methyl/N-ethyl adjacent to an activating group) is 1. The Morgan fingerprint density at radius 2 is 2.47 bits per heavy atom. The van der Waals surface area contributed by atoms with Gasteiger partial charge in [-0.25, -0.2) is 0 Å². The predicted molar refractivity (Wildman–Crippen MR) is 71.6 cm³/mol. The Hall–Kier alpha value is -1.40. The van der Waals surface area contributed by atoms with Crippen LogP contribution in [0.15, 0.2) is 12.4 Å². The summed E-state index contributed by atoms with van der Waals surface area (Å²) in [6.45, 7) is 3.37. The molecule has 0 saturated carbocycles. The van der Waals surface area contributed by atoms with E-state index >= 15 is 0 Å². The molecular formula is C13H22N4O2. The summed E-state index contributed by atoms with van der Waals surface area (Å²) in [5, 5.41) is 10.1. The molecular weight excluding hydrogens is 244 g/mol. The lowest BCUT2D eigenvalue weighted by Gasteiger charge is -2.24. The zero-order chi connectivity index (χ0) is 13.9. The molecule has 1 saturated heterocycles. The van der Waals surface area contributed by atoms with E-state index in [-0.39, 0.29) is 17.6 Å². The molecule has 1 aliphatic heterocycles. The summed E-state index contributed by atoms with van der Waals surface area (Å²) in [6.07, 6.45) is 5.60. The van der Waals surface area contributed by atoms with Gasteiger partial charge in [0.05, 0.1) is 11.8 Å². The van der Waals surface area contributed by atoms with Crippen molar-refractivity contribution >= 4 is 5.91 Å². The normalized spacial score (nSPS) is 24.4. The van der Waals surface area contributed by atoms with Gasteiger partial charge in [0, 0.05) is 32.0 Å². The van der Waals surface area contributed by atoms with Crippen molar-refractivity contribution in [2.45, 2.75) is 31.4 Å². The Bertz CT molecular complexity index is 438. The molecule has 2 atom stereocenters. The van der Waals surface area contributed by atoms with Gasteiger partial charge >= 0.3 is 0 Å². The number of aromatic nitrogens is 2. The second-order valence-electron chi connectivity index (χ2n) is 5.29. The summed E-state index contributed by atoms with van der Waals surface area (Å²) in [6, 6.07) is -0.376. The first-order chi connectivity index (χ1) is 9.04. The summed E-state index contributed by atoms with van der Waals surface area (Å²) in [5.74, 6) is -0.0489. The average Bonchev–Trinajstić information content (AvgIpc) is 2.98. The Balaban J connectivity index is 1.94. The molecule has 0 bridgehead atoms. The number of rotatable bonds is 5. The Morgan fingerprint density at radius 1 is 1.68 bits per heavy atom. The van der Waals surface area contributed by atoms with Crippen molar-refractivity contribution < 1.29 is 9.53 Å². The van der Waals surface area contributed by atoms with Gasteiger partial charge in [-0.1, -0.05) is 0 Å². The maximum atomic E-state index is 12.2. The van der Waals surface area contributed by atoms with Crippen LogP contribution in [0, 0.1) is 0 Å². The van der Waals surface area contributed by atoms with E-state index in [9.17, 15) is 4.79 Å². The van der Waals surface area contributed by atoms with Crippen molar-refractivity contribution in [1.29, 1.82) is 0 Å².